The highest BCUT2D eigenvalue weighted by Gasteiger charge is 2.37. The second-order valence-corrected chi connectivity index (χ2v) is 10.4. The summed E-state index contributed by atoms with van der Waals surface area (Å²) in [7, 11) is 3.16. The molecule has 2 amide bonds. The summed E-state index contributed by atoms with van der Waals surface area (Å²) >= 11 is 1.52. The Kier molecular flexibility index (Phi) is 7.08. The lowest BCUT2D eigenvalue weighted by Gasteiger charge is -2.27. The molecule has 0 aromatic heterocycles. The third-order valence-corrected chi connectivity index (χ3v) is 7.20. The van der Waals surface area contributed by atoms with E-state index in [9.17, 15) is 9.59 Å². The zero-order valence-corrected chi connectivity index (χ0v) is 21.4. The van der Waals surface area contributed by atoms with Crippen molar-refractivity contribution in [2.24, 2.45) is 0 Å². The van der Waals surface area contributed by atoms with Gasteiger partial charge in [0.25, 0.3) is 5.91 Å². The van der Waals surface area contributed by atoms with Crippen molar-refractivity contribution in [3.8, 4) is 11.5 Å². The van der Waals surface area contributed by atoms with Crippen LogP contribution in [0, 0.1) is 0 Å². The van der Waals surface area contributed by atoms with Crippen molar-refractivity contribution in [3.05, 3.63) is 83.4 Å². The molecule has 1 atom stereocenters. The van der Waals surface area contributed by atoms with Crippen LogP contribution >= 0.6 is 11.8 Å². The molecular weight excluding hydrogens is 460 g/mol. The van der Waals surface area contributed by atoms with E-state index in [2.05, 4.69) is 26.1 Å². The number of hydrogen-bond acceptors (Lipinski definition) is 5. The first-order valence-electron chi connectivity index (χ1n) is 11.4. The van der Waals surface area contributed by atoms with Crippen LogP contribution in [-0.2, 0) is 10.2 Å². The first kappa shape index (κ1) is 24.7. The smallest absolute Gasteiger partial charge is 0.255 e. The summed E-state index contributed by atoms with van der Waals surface area (Å²) < 4.78 is 10.9. The first-order valence-corrected chi connectivity index (χ1v) is 12.4. The highest BCUT2D eigenvalue weighted by Crippen LogP contribution is 2.47. The molecule has 0 radical (unpaired) electrons. The number of nitrogens with zero attached hydrogens (tertiary/aromatic N) is 1. The van der Waals surface area contributed by atoms with E-state index in [1.54, 1.807) is 31.3 Å². The van der Waals surface area contributed by atoms with Crippen LogP contribution in [0.5, 0.6) is 11.5 Å². The van der Waals surface area contributed by atoms with Crippen molar-refractivity contribution in [3.63, 3.8) is 0 Å². The van der Waals surface area contributed by atoms with Crippen molar-refractivity contribution in [2.45, 2.75) is 31.6 Å². The number of benzene rings is 3. The molecule has 182 valence electrons. The first-order chi connectivity index (χ1) is 16.7. The molecule has 0 saturated carbocycles. The SMILES string of the molecule is COc1ccc(N2C(=O)CSC2c2ccccc2NC(=O)c2ccc(C(C)(C)C)cc2)c(OC)c1. The number of ether oxygens (including phenoxy) is 2. The summed E-state index contributed by atoms with van der Waals surface area (Å²) in [4.78, 5) is 27.8. The van der Waals surface area contributed by atoms with E-state index in [0.29, 0.717) is 34.2 Å². The van der Waals surface area contributed by atoms with Gasteiger partial charge in [0.15, 0.2) is 0 Å². The van der Waals surface area contributed by atoms with Gasteiger partial charge in [-0.2, -0.15) is 0 Å². The summed E-state index contributed by atoms with van der Waals surface area (Å²) in [6.07, 6.45) is 0. The number of para-hydroxylation sites is 1. The highest BCUT2D eigenvalue weighted by atomic mass is 32.2. The zero-order chi connectivity index (χ0) is 25.2. The second-order valence-electron chi connectivity index (χ2n) is 9.33. The molecule has 35 heavy (non-hydrogen) atoms. The van der Waals surface area contributed by atoms with Gasteiger partial charge in [-0.05, 0) is 41.3 Å². The molecule has 4 rings (SSSR count). The van der Waals surface area contributed by atoms with E-state index < -0.39 is 0 Å². The van der Waals surface area contributed by atoms with Gasteiger partial charge in [-0.3, -0.25) is 14.5 Å². The molecule has 7 heteroatoms. The lowest BCUT2D eigenvalue weighted by molar-refractivity contribution is -0.115. The van der Waals surface area contributed by atoms with Gasteiger partial charge in [-0.1, -0.05) is 51.1 Å². The monoisotopic (exact) mass is 490 g/mol. The number of rotatable bonds is 6. The molecule has 3 aromatic carbocycles. The van der Waals surface area contributed by atoms with Crippen LogP contribution in [0.1, 0.15) is 47.6 Å². The van der Waals surface area contributed by atoms with Gasteiger partial charge in [0.05, 0.1) is 25.7 Å². The van der Waals surface area contributed by atoms with Crippen LogP contribution in [0.3, 0.4) is 0 Å². The standard InChI is InChI=1S/C28H30N2O4S/c1-28(2,3)19-12-10-18(11-13-19)26(32)29-22-9-7-6-8-21(22)27-30(25(31)17-35-27)23-15-14-20(33-4)16-24(23)34-5/h6-16,27H,17H2,1-5H3,(H,29,32). The van der Waals surface area contributed by atoms with Crippen molar-refractivity contribution in [1.82, 2.24) is 0 Å². The van der Waals surface area contributed by atoms with E-state index in [1.807, 2.05) is 54.6 Å². The molecule has 1 saturated heterocycles. The topological polar surface area (TPSA) is 67.9 Å². The lowest BCUT2D eigenvalue weighted by Crippen LogP contribution is -2.29. The number of thioether (sulfide) groups is 1. The van der Waals surface area contributed by atoms with Crippen LogP contribution in [0.25, 0.3) is 0 Å². The molecule has 1 heterocycles. The molecule has 1 N–H and O–H groups in total. The summed E-state index contributed by atoms with van der Waals surface area (Å²) in [5.41, 5.74) is 3.94. The average molecular weight is 491 g/mol. The van der Waals surface area contributed by atoms with E-state index >= 15 is 0 Å². The maximum Gasteiger partial charge on any atom is 0.255 e. The predicted molar refractivity (Wildman–Crippen MR) is 142 cm³/mol. The van der Waals surface area contributed by atoms with Gasteiger partial charge < -0.3 is 14.8 Å². The maximum atomic E-state index is 13.1. The molecule has 0 aliphatic carbocycles. The molecule has 1 aliphatic heterocycles. The molecule has 3 aromatic rings. The molecular formula is C28H30N2O4S. The number of carbonyl (C=O) groups is 2. The van der Waals surface area contributed by atoms with Crippen LogP contribution < -0.4 is 19.7 Å². The summed E-state index contributed by atoms with van der Waals surface area (Å²) in [6, 6.07) is 20.7. The van der Waals surface area contributed by atoms with Gasteiger partial charge in [-0.25, -0.2) is 0 Å². The van der Waals surface area contributed by atoms with Gasteiger partial charge >= 0.3 is 0 Å². The zero-order valence-electron chi connectivity index (χ0n) is 20.6. The largest absolute Gasteiger partial charge is 0.497 e. The van der Waals surface area contributed by atoms with Gasteiger partial charge in [0, 0.05) is 22.9 Å². The third-order valence-electron chi connectivity index (χ3n) is 6.00. The van der Waals surface area contributed by atoms with Crippen molar-refractivity contribution in [2.75, 3.05) is 30.2 Å². The van der Waals surface area contributed by atoms with Crippen molar-refractivity contribution < 1.29 is 19.1 Å². The molecule has 0 spiro atoms. The van der Waals surface area contributed by atoms with E-state index in [4.69, 9.17) is 9.47 Å². The summed E-state index contributed by atoms with van der Waals surface area (Å²) in [5, 5.41) is 2.74. The molecule has 1 aliphatic rings. The fraction of sp³-hybridized carbons (Fsp3) is 0.286. The van der Waals surface area contributed by atoms with Gasteiger partial charge in [0.1, 0.15) is 16.9 Å². The predicted octanol–water partition coefficient (Wildman–Crippen LogP) is 6.03. The Morgan fingerprint density at radius 1 is 1.00 bits per heavy atom. The van der Waals surface area contributed by atoms with Crippen LogP contribution in [0.2, 0.25) is 0 Å². The number of carbonyl (C=O) groups excluding carboxylic acids is 2. The number of amides is 2. The number of hydrogen-bond donors (Lipinski definition) is 1. The van der Waals surface area contributed by atoms with E-state index in [-0.39, 0.29) is 22.6 Å². The van der Waals surface area contributed by atoms with E-state index in [0.717, 1.165) is 5.56 Å². The Hall–Kier alpha value is -3.45. The van der Waals surface area contributed by atoms with Gasteiger partial charge in [0.2, 0.25) is 5.91 Å². The Morgan fingerprint density at radius 2 is 1.71 bits per heavy atom. The average Bonchev–Trinajstić information content (AvgIpc) is 3.24. The molecule has 6 nitrogen and oxygen atoms in total. The molecule has 1 unspecified atom stereocenters. The van der Waals surface area contributed by atoms with Crippen LogP contribution in [0.15, 0.2) is 66.7 Å². The Morgan fingerprint density at radius 3 is 2.37 bits per heavy atom. The Bertz CT molecular complexity index is 1230. The minimum atomic E-state index is -0.315. The van der Waals surface area contributed by atoms with Crippen molar-refractivity contribution in [1.29, 1.82) is 0 Å². The normalized spacial score (nSPS) is 15.7. The minimum Gasteiger partial charge on any atom is -0.497 e. The minimum absolute atomic E-state index is 0.0137. The number of methoxy groups -OCH3 is 2. The Balaban J connectivity index is 1.64. The number of nitrogens with one attached hydrogen (secondary N) is 1. The third kappa shape index (κ3) is 5.15. The second kappa shape index (κ2) is 10.0. The van der Waals surface area contributed by atoms with Crippen LogP contribution in [0.4, 0.5) is 11.4 Å². The molecule has 1 fully saturated rings. The highest BCUT2D eigenvalue weighted by molar-refractivity contribution is 8.00. The maximum absolute atomic E-state index is 13.1. The fourth-order valence-electron chi connectivity index (χ4n) is 4.04. The quantitative estimate of drug-likeness (QED) is 0.457. The fourth-order valence-corrected chi connectivity index (χ4v) is 5.25. The summed E-state index contributed by atoms with van der Waals surface area (Å²) in [5.74, 6) is 1.30. The van der Waals surface area contributed by atoms with Crippen molar-refractivity contribution >= 4 is 35.0 Å². The van der Waals surface area contributed by atoms with E-state index in [1.165, 1.54) is 17.3 Å². The van der Waals surface area contributed by atoms with Crippen LogP contribution in [-0.4, -0.2) is 31.8 Å². The molecule has 0 bridgehead atoms. The Labute approximate surface area is 210 Å². The summed E-state index contributed by atoms with van der Waals surface area (Å²) in [6.45, 7) is 6.42. The number of anilines is 2. The lowest BCUT2D eigenvalue weighted by atomic mass is 9.86. The van der Waals surface area contributed by atoms with Gasteiger partial charge in [-0.15, -0.1) is 11.8 Å².